The second-order valence-corrected chi connectivity index (χ2v) is 11.4. The highest BCUT2D eigenvalue weighted by atomic mass is 32.2. The first-order chi connectivity index (χ1) is 16.0. The molecule has 182 valence electrons. The molecule has 1 saturated carbocycles. The van der Waals surface area contributed by atoms with Crippen LogP contribution in [0.15, 0.2) is 39.0 Å². The Morgan fingerprint density at radius 1 is 1.26 bits per heavy atom. The van der Waals surface area contributed by atoms with Gasteiger partial charge in [0.15, 0.2) is 0 Å². The molecule has 0 bridgehead atoms. The van der Waals surface area contributed by atoms with Crippen LogP contribution in [0, 0.1) is 0 Å². The van der Waals surface area contributed by atoms with Crippen LogP contribution in [0.4, 0.5) is 0 Å². The smallest absolute Gasteiger partial charge is 0.296 e. The van der Waals surface area contributed by atoms with Gasteiger partial charge in [-0.05, 0) is 45.2 Å². The third kappa shape index (κ3) is 4.00. The van der Waals surface area contributed by atoms with E-state index >= 15 is 0 Å². The van der Waals surface area contributed by atoms with Crippen molar-refractivity contribution in [3.8, 4) is 11.1 Å². The number of rotatable bonds is 6. The number of hydrogen-bond acceptors (Lipinski definition) is 7. The van der Waals surface area contributed by atoms with Crippen LogP contribution in [0.25, 0.3) is 22.0 Å². The number of aryl methyl sites for hydroxylation is 2. The molecule has 12 heteroatoms. The van der Waals surface area contributed by atoms with Crippen molar-refractivity contribution in [3.63, 3.8) is 0 Å². The molecular weight excluding hydrogens is 460 g/mol. The van der Waals surface area contributed by atoms with Gasteiger partial charge in [-0.15, -0.1) is 0 Å². The van der Waals surface area contributed by atoms with Crippen molar-refractivity contribution in [3.05, 3.63) is 45.4 Å². The molecule has 0 radical (unpaired) electrons. The first-order valence-corrected chi connectivity index (χ1v) is 12.7. The molecule has 5 rings (SSSR count). The molecular formula is C22H28N6O5S. The fraction of sp³-hybridized carbons (Fsp3) is 0.500. The Kier molecular flexibility index (Phi) is 5.32. The van der Waals surface area contributed by atoms with Crippen molar-refractivity contribution in [2.45, 2.75) is 62.2 Å². The molecule has 1 aliphatic carbocycles. The summed E-state index contributed by atoms with van der Waals surface area (Å²) in [7, 11) is -0.582. The highest BCUT2D eigenvalue weighted by molar-refractivity contribution is 7.89. The number of sulfonamides is 1. The third-order valence-corrected chi connectivity index (χ3v) is 8.18. The van der Waals surface area contributed by atoms with E-state index in [-0.39, 0.29) is 29.0 Å². The van der Waals surface area contributed by atoms with Crippen molar-refractivity contribution in [1.82, 2.24) is 29.1 Å². The molecule has 1 aromatic carbocycles. The Balaban J connectivity index is 1.75. The molecule has 1 aliphatic heterocycles. The highest BCUT2D eigenvalue weighted by Gasteiger charge is 2.41. The number of fused-ring (bicyclic) bond motifs is 1. The maximum absolute atomic E-state index is 13.6. The number of nitrogens with zero attached hydrogens (tertiary/aromatic N) is 4. The van der Waals surface area contributed by atoms with Crippen LogP contribution in [-0.4, -0.2) is 45.0 Å². The predicted molar refractivity (Wildman–Crippen MR) is 126 cm³/mol. The van der Waals surface area contributed by atoms with Crippen molar-refractivity contribution in [2.75, 3.05) is 0 Å². The van der Waals surface area contributed by atoms with Gasteiger partial charge in [0.2, 0.25) is 10.0 Å². The largest absolute Gasteiger partial charge is 0.331 e. The summed E-state index contributed by atoms with van der Waals surface area (Å²) in [6, 6.07) is 2.97. The molecule has 2 N–H and O–H groups in total. The van der Waals surface area contributed by atoms with E-state index in [1.807, 2.05) is 13.8 Å². The minimum Gasteiger partial charge on any atom is -0.296 e. The minimum atomic E-state index is -3.90. The van der Waals surface area contributed by atoms with Crippen LogP contribution in [0.5, 0.6) is 0 Å². The van der Waals surface area contributed by atoms with Crippen LogP contribution >= 0.6 is 0 Å². The lowest BCUT2D eigenvalue weighted by Crippen LogP contribution is -2.42. The van der Waals surface area contributed by atoms with Gasteiger partial charge < -0.3 is 0 Å². The van der Waals surface area contributed by atoms with Gasteiger partial charge in [0.25, 0.3) is 5.56 Å². The summed E-state index contributed by atoms with van der Waals surface area (Å²) in [6.07, 6.45) is 5.10. The average Bonchev–Trinajstić information content (AvgIpc) is 3.13. The van der Waals surface area contributed by atoms with E-state index in [1.54, 1.807) is 31.2 Å². The van der Waals surface area contributed by atoms with Crippen molar-refractivity contribution < 1.29 is 13.3 Å². The van der Waals surface area contributed by atoms with E-state index in [4.69, 9.17) is 4.84 Å². The van der Waals surface area contributed by atoms with Crippen molar-refractivity contribution in [2.24, 2.45) is 14.1 Å². The Bertz CT molecular complexity index is 1510. The second kappa shape index (κ2) is 7.87. The van der Waals surface area contributed by atoms with Crippen LogP contribution in [0.3, 0.4) is 0 Å². The number of aromatic nitrogens is 4. The van der Waals surface area contributed by atoms with Crippen LogP contribution in [-0.2, 0) is 35.5 Å². The summed E-state index contributed by atoms with van der Waals surface area (Å²) in [4.78, 5) is 32.3. The lowest BCUT2D eigenvalue weighted by molar-refractivity contribution is 0.0179. The fourth-order valence-electron chi connectivity index (χ4n) is 4.43. The molecule has 2 unspecified atom stereocenters. The van der Waals surface area contributed by atoms with E-state index in [9.17, 15) is 18.0 Å². The van der Waals surface area contributed by atoms with Gasteiger partial charge in [-0.3, -0.25) is 23.4 Å². The Labute approximate surface area is 196 Å². The van der Waals surface area contributed by atoms with Crippen LogP contribution in [0.1, 0.15) is 33.1 Å². The average molecular weight is 489 g/mol. The predicted octanol–water partition coefficient (Wildman–Crippen LogP) is 0.614. The normalized spacial score (nSPS) is 21.9. The first-order valence-electron chi connectivity index (χ1n) is 11.2. The molecule has 1 saturated heterocycles. The zero-order valence-corrected chi connectivity index (χ0v) is 20.3. The molecule has 0 amide bonds. The van der Waals surface area contributed by atoms with E-state index in [2.05, 4.69) is 15.3 Å². The van der Waals surface area contributed by atoms with Crippen molar-refractivity contribution >= 4 is 20.9 Å². The van der Waals surface area contributed by atoms with Crippen LogP contribution in [0.2, 0.25) is 0 Å². The molecule has 0 spiro atoms. The summed E-state index contributed by atoms with van der Waals surface area (Å²) < 4.78 is 33.3. The van der Waals surface area contributed by atoms with Gasteiger partial charge in [0.1, 0.15) is 0 Å². The topological polar surface area (TPSA) is 129 Å². The maximum Gasteiger partial charge on any atom is 0.331 e. The third-order valence-electron chi connectivity index (χ3n) is 6.56. The highest BCUT2D eigenvalue weighted by Crippen LogP contribution is 2.37. The summed E-state index contributed by atoms with van der Waals surface area (Å²) in [5.41, 5.74) is 2.73. The molecule has 34 heavy (non-hydrogen) atoms. The van der Waals surface area contributed by atoms with Crippen LogP contribution < -0.4 is 21.5 Å². The molecule has 2 fully saturated rings. The molecule has 3 heterocycles. The number of hydrogen-bond donors (Lipinski definition) is 2. The lowest BCUT2D eigenvalue weighted by atomic mass is 10.1. The molecule has 3 aromatic rings. The quantitative estimate of drug-likeness (QED) is 0.520. The Morgan fingerprint density at radius 3 is 2.59 bits per heavy atom. The summed E-state index contributed by atoms with van der Waals surface area (Å²) in [6.45, 7) is 3.86. The monoisotopic (exact) mass is 488 g/mol. The zero-order valence-electron chi connectivity index (χ0n) is 19.5. The van der Waals surface area contributed by atoms with Gasteiger partial charge in [-0.1, -0.05) is 0 Å². The lowest BCUT2D eigenvalue weighted by Gasteiger charge is -2.18. The van der Waals surface area contributed by atoms with Crippen molar-refractivity contribution in [1.29, 1.82) is 0 Å². The van der Waals surface area contributed by atoms with Gasteiger partial charge in [0, 0.05) is 43.0 Å². The number of hydroxylamine groups is 1. The maximum atomic E-state index is 13.6. The second-order valence-electron chi connectivity index (χ2n) is 9.69. The van der Waals surface area contributed by atoms with Gasteiger partial charge in [-0.25, -0.2) is 17.9 Å². The van der Waals surface area contributed by atoms with Gasteiger partial charge in [0.05, 0.1) is 34.6 Å². The summed E-state index contributed by atoms with van der Waals surface area (Å²) in [5, 5.41) is 4.33. The summed E-state index contributed by atoms with van der Waals surface area (Å²) >= 11 is 0. The van der Waals surface area contributed by atoms with E-state index in [0.29, 0.717) is 23.1 Å². The van der Waals surface area contributed by atoms with Gasteiger partial charge in [-0.2, -0.15) is 10.6 Å². The van der Waals surface area contributed by atoms with E-state index in [1.165, 1.54) is 16.7 Å². The zero-order chi connectivity index (χ0) is 24.4. The van der Waals surface area contributed by atoms with Gasteiger partial charge >= 0.3 is 5.69 Å². The summed E-state index contributed by atoms with van der Waals surface area (Å²) in [5.74, 6) is 0. The van der Waals surface area contributed by atoms with E-state index in [0.717, 1.165) is 17.4 Å². The fourth-order valence-corrected chi connectivity index (χ4v) is 5.95. The molecule has 2 aliphatic rings. The Hall–Kier alpha value is -2.80. The SMILES string of the molecule is CC1CC(Cn2c(=O)c3cc(S(=O)(=O)NC4(C)CC4)cc(-c4cnn(C)c4)c3n(C)c2=O)ON1. The number of benzene rings is 1. The Morgan fingerprint density at radius 2 is 2.00 bits per heavy atom. The standard InChI is InChI=1S/C22H28N6O5S/c1-13-7-15(33-24-13)12-28-20(29)18-9-16(34(31,32)25-22(2)5-6-22)8-17(14-10-23-26(3)11-14)19(18)27(4)21(28)30/h8-11,13,15,24-25H,5-7,12H2,1-4H3. The number of nitrogens with one attached hydrogen (secondary N) is 2. The first kappa shape index (κ1) is 23.0. The van der Waals surface area contributed by atoms with E-state index < -0.39 is 26.8 Å². The molecule has 2 aromatic heterocycles. The minimum absolute atomic E-state index is 0.0262. The molecule has 2 atom stereocenters. The molecule has 11 nitrogen and oxygen atoms in total.